The maximum atomic E-state index is 11.6. The summed E-state index contributed by atoms with van der Waals surface area (Å²) in [5.41, 5.74) is 0.989. The number of nitrogens with zero attached hydrogens (tertiary/aromatic N) is 3. The lowest BCUT2D eigenvalue weighted by atomic mass is 10.1. The van der Waals surface area contributed by atoms with Gasteiger partial charge in [0, 0.05) is 18.5 Å². The first-order valence-electron chi connectivity index (χ1n) is 7.31. The van der Waals surface area contributed by atoms with Gasteiger partial charge in [-0.2, -0.15) is 0 Å². The van der Waals surface area contributed by atoms with Gasteiger partial charge in [-0.05, 0) is 18.6 Å². The maximum absolute atomic E-state index is 11.6. The number of hydrogen-bond acceptors (Lipinski definition) is 5. The first kappa shape index (κ1) is 16.1. The van der Waals surface area contributed by atoms with Gasteiger partial charge in [0.25, 0.3) is 0 Å². The summed E-state index contributed by atoms with van der Waals surface area (Å²) in [5, 5.41) is 9.12. The smallest absolute Gasteiger partial charge is 0.191 e. The number of hydrogen-bond donors (Lipinski definition) is 0. The van der Waals surface area contributed by atoms with Crippen LogP contribution in [-0.2, 0) is 16.9 Å². The number of thioether (sulfide) groups is 1. The Kier molecular flexibility index (Phi) is 4.74. The van der Waals surface area contributed by atoms with Gasteiger partial charge in [0.15, 0.2) is 15.0 Å². The molecule has 0 N–H and O–H groups in total. The molecule has 2 aromatic rings. The van der Waals surface area contributed by atoms with Crippen LogP contribution in [0.2, 0.25) is 0 Å². The molecule has 7 heteroatoms. The van der Waals surface area contributed by atoms with Crippen molar-refractivity contribution < 1.29 is 8.42 Å². The van der Waals surface area contributed by atoms with Gasteiger partial charge in [-0.1, -0.05) is 41.8 Å². The third kappa shape index (κ3) is 3.95. The van der Waals surface area contributed by atoms with E-state index in [1.165, 1.54) is 11.8 Å². The molecule has 5 nitrogen and oxygen atoms in total. The molecule has 1 aromatic carbocycles. The molecular formula is C16H17N3O2S2. The molecule has 1 aliphatic heterocycles. The van der Waals surface area contributed by atoms with E-state index >= 15 is 0 Å². The van der Waals surface area contributed by atoms with Crippen molar-refractivity contribution in [3.05, 3.63) is 41.7 Å². The van der Waals surface area contributed by atoms with E-state index in [1.807, 2.05) is 41.9 Å². The first-order chi connectivity index (χ1) is 11.1. The van der Waals surface area contributed by atoms with E-state index in [2.05, 4.69) is 22.0 Å². The molecular weight excluding hydrogens is 330 g/mol. The Morgan fingerprint density at radius 3 is 2.78 bits per heavy atom. The van der Waals surface area contributed by atoms with Gasteiger partial charge in [-0.15, -0.1) is 10.2 Å². The topological polar surface area (TPSA) is 64.8 Å². The Bertz CT molecular complexity index is 848. The Morgan fingerprint density at radius 2 is 2.09 bits per heavy atom. The second kappa shape index (κ2) is 6.77. The van der Waals surface area contributed by atoms with Crippen LogP contribution >= 0.6 is 11.8 Å². The van der Waals surface area contributed by atoms with Crippen LogP contribution in [0.15, 0.2) is 35.5 Å². The van der Waals surface area contributed by atoms with Crippen LogP contribution in [0, 0.1) is 11.8 Å². The Labute approximate surface area is 140 Å². The monoisotopic (exact) mass is 347 g/mol. The molecule has 0 saturated carbocycles. The summed E-state index contributed by atoms with van der Waals surface area (Å²) >= 11 is 1.51. The number of sulfone groups is 1. The minimum Gasteiger partial charge on any atom is -0.309 e. The molecule has 1 aliphatic rings. The molecule has 1 saturated heterocycles. The highest BCUT2D eigenvalue weighted by Gasteiger charge is 2.32. The predicted octanol–water partition coefficient (Wildman–Crippen LogP) is 1.86. The SMILES string of the molecule is Cn1c(SCC#Cc2ccccc2)nnc1[C@@H]1CCS(=O)(=O)C1. The largest absolute Gasteiger partial charge is 0.309 e. The minimum atomic E-state index is -2.91. The summed E-state index contributed by atoms with van der Waals surface area (Å²) in [7, 11) is -1.03. The fourth-order valence-corrected chi connectivity index (χ4v) is 4.96. The number of rotatable bonds is 3. The Balaban J connectivity index is 1.63. The zero-order chi connectivity index (χ0) is 16.3. The van der Waals surface area contributed by atoms with Gasteiger partial charge in [0.05, 0.1) is 17.3 Å². The van der Waals surface area contributed by atoms with Crippen molar-refractivity contribution in [3.63, 3.8) is 0 Å². The fraction of sp³-hybridized carbons (Fsp3) is 0.375. The van der Waals surface area contributed by atoms with Gasteiger partial charge in [0.2, 0.25) is 0 Å². The molecule has 0 amide bonds. The van der Waals surface area contributed by atoms with Gasteiger partial charge < -0.3 is 4.57 Å². The van der Waals surface area contributed by atoms with E-state index in [0.29, 0.717) is 12.2 Å². The molecule has 2 heterocycles. The van der Waals surface area contributed by atoms with Crippen molar-refractivity contribution in [1.82, 2.24) is 14.8 Å². The zero-order valence-corrected chi connectivity index (χ0v) is 14.4. The molecule has 23 heavy (non-hydrogen) atoms. The summed E-state index contributed by atoms with van der Waals surface area (Å²) in [6.07, 6.45) is 0.632. The molecule has 0 bridgehead atoms. The van der Waals surface area contributed by atoms with Crippen molar-refractivity contribution in [3.8, 4) is 11.8 Å². The molecule has 0 spiro atoms. The van der Waals surface area contributed by atoms with Crippen molar-refractivity contribution in [2.24, 2.45) is 7.05 Å². The van der Waals surface area contributed by atoms with Crippen LogP contribution in [0.4, 0.5) is 0 Å². The average molecular weight is 347 g/mol. The van der Waals surface area contributed by atoms with Crippen LogP contribution in [0.3, 0.4) is 0 Å². The van der Waals surface area contributed by atoms with Gasteiger partial charge >= 0.3 is 0 Å². The van der Waals surface area contributed by atoms with E-state index in [0.717, 1.165) is 16.5 Å². The predicted molar refractivity (Wildman–Crippen MR) is 91.1 cm³/mol. The van der Waals surface area contributed by atoms with Gasteiger partial charge in [-0.3, -0.25) is 0 Å². The maximum Gasteiger partial charge on any atom is 0.191 e. The van der Waals surface area contributed by atoms with Crippen molar-refractivity contribution in [2.75, 3.05) is 17.3 Å². The number of benzene rings is 1. The summed E-state index contributed by atoms with van der Waals surface area (Å²) in [6, 6.07) is 9.82. The highest BCUT2D eigenvalue weighted by atomic mass is 32.2. The molecule has 120 valence electrons. The lowest BCUT2D eigenvalue weighted by Crippen LogP contribution is -2.09. The molecule has 3 rings (SSSR count). The molecule has 0 unspecified atom stereocenters. The summed E-state index contributed by atoms with van der Waals surface area (Å²) in [4.78, 5) is 0. The minimum absolute atomic E-state index is 0.0396. The lowest BCUT2D eigenvalue weighted by molar-refractivity contribution is 0.599. The standard InChI is InChI=1S/C16H17N3O2S2/c1-19-15(14-9-11-23(20,21)12-14)17-18-16(19)22-10-5-8-13-6-3-2-4-7-13/h2-4,6-7,14H,9-12H2,1H3/t14-/m1/s1. The van der Waals surface area contributed by atoms with E-state index in [4.69, 9.17) is 0 Å². The molecule has 1 aromatic heterocycles. The van der Waals surface area contributed by atoms with Crippen molar-refractivity contribution in [2.45, 2.75) is 17.5 Å². The van der Waals surface area contributed by atoms with Gasteiger partial charge in [0.1, 0.15) is 5.82 Å². The summed E-state index contributed by atoms with van der Waals surface area (Å²) < 4.78 is 25.1. The summed E-state index contributed by atoms with van der Waals surface area (Å²) in [6.45, 7) is 0. The van der Waals surface area contributed by atoms with E-state index in [1.54, 1.807) is 0 Å². The quantitative estimate of drug-likeness (QED) is 0.626. The summed E-state index contributed by atoms with van der Waals surface area (Å²) in [5.74, 6) is 7.96. The third-order valence-corrected chi connectivity index (χ3v) is 6.42. The highest BCUT2D eigenvalue weighted by Crippen LogP contribution is 2.29. The molecule has 0 aliphatic carbocycles. The van der Waals surface area contributed by atoms with Crippen molar-refractivity contribution >= 4 is 21.6 Å². The van der Waals surface area contributed by atoms with E-state index < -0.39 is 9.84 Å². The van der Waals surface area contributed by atoms with Crippen LogP contribution < -0.4 is 0 Å². The number of aromatic nitrogens is 3. The van der Waals surface area contributed by atoms with E-state index in [-0.39, 0.29) is 17.4 Å². The molecule has 1 atom stereocenters. The zero-order valence-electron chi connectivity index (χ0n) is 12.8. The highest BCUT2D eigenvalue weighted by molar-refractivity contribution is 7.99. The van der Waals surface area contributed by atoms with Crippen LogP contribution in [0.5, 0.6) is 0 Å². The lowest BCUT2D eigenvalue weighted by Gasteiger charge is -2.07. The Morgan fingerprint density at radius 1 is 1.30 bits per heavy atom. The van der Waals surface area contributed by atoms with Crippen molar-refractivity contribution in [1.29, 1.82) is 0 Å². The van der Waals surface area contributed by atoms with E-state index in [9.17, 15) is 8.42 Å². The Hall–Kier alpha value is -1.78. The normalized spacial score (nSPS) is 19.3. The average Bonchev–Trinajstić information content (AvgIpc) is 3.07. The first-order valence-corrected chi connectivity index (χ1v) is 10.1. The third-order valence-electron chi connectivity index (χ3n) is 3.75. The second-order valence-corrected chi connectivity index (χ2v) is 8.63. The second-order valence-electron chi connectivity index (χ2n) is 5.46. The fourth-order valence-electron chi connectivity index (χ4n) is 2.57. The van der Waals surface area contributed by atoms with Crippen LogP contribution in [0.1, 0.15) is 23.7 Å². The molecule has 0 radical (unpaired) electrons. The molecule has 1 fully saturated rings. The van der Waals surface area contributed by atoms with Crippen LogP contribution in [0.25, 0.3) is 0 Å². The van der Waals surface area contributed by atoms with Crippen LogP contribution in [-0.4, -0.2) is 40.4 Å². The van der Waals surface area contributed by atoms with Gasteiger partial charge in [-0.25, -0.2) is 8.42 Å².